The topological polar surface area (TPSA) is 55.4 Å². The number of ether oxygens (including phenoxy) is 1. The Kier molecular flexibility index (Phi) is 7.00. The zero-order chi connectivity index (χ0) is 26.7. The van der Waals surface area contributed by atoms with Gasteiger partial charge in [-0.2, -0.15) is 0 Å². The number of dihydropyridines is 1. The number of allylic oxidation sites excluding steroid dienone is 4. The number of Topliss-reactive ketones (excluding diaryl/α,β-unsaturated/α-hetero) is 2. The van der Waals surface area contributed by atoms with E-state index in [-0.39, 0.29) is 22.4 Å². The van der Waals surface area contributed by atoms with Crippen LogP contribution in [0.2, 0.25) is 5.02 Å². The second-order valence-corrected chi connectivity index (χ2v) is 14.2. The second kappa shape index (κ2) is 9.69. The number of benzene rings is 2. The highest BCUT2D eigenvalue weighted by Crippen LogP contribution is 2.53. The number of hydrogen-bond donors (Lipinski definition) is 1. The second-order valence-electron chi connectivity index (χ2n) is 11.9. The van der Waals surface area contributed by atoms with Gasteiger partial charge in [-0.1, -0.05) is 67.4 Å². The molecule has 0 radical (unpaired) electrons. The summed E-state index contributed by atoms with van der Waals surface area (Å²) in [5.74, 6) is 0.320. The fraction of sp³-hybridized carbons (Fsp3) is 0.400. The number of carbonyl (C=O) groups excluding carboxylic acids is 2. The summed E-state index contributed by atoms with van der Waals surface area (Å²) < 4.78 is 8.02. The zero-order valence-electron chi connectivity index (χ0n) is 21.4. The highest BCUT2D eigenvalue weighted by atomic mass is 79.9. The van der Waals surface area contributed by atoms with Crippen molar-refractivity contribution in [3.63, 3.8) is 0 Å². The molecule has 0 amide bonds. The minimum Gasteiger partial charge on any atom is -0.487 e. The highest BCUT2D eigenvalue weighted by Gasteiger charge is 2.47. The average molecular weight is 648 g/mol. The first kappa shape index (κ1) is 26.7. The first-order chi connectivity index (χ1) is 17.3. The van der Waals surface area contributed by atoms with Crippen LogP contribution in [0.15, 0.2) is 67.9 Å². The van der Waals surface area contributed by atoms with Crippen molar-refractivity contribution in [3.05, 3.63) is 84.0 Å². The SMILES string of the molecule is CC1(C)CC(=O)C2=C(C1)NC1=C(C(=O)CC(C)(C)C1)C2c1cc(Br)cc(Br)c1OCc1cccc(Cl)c1. The molecule has 4 nitrogen and oxygen atoms in total. The van der Waals surface area contributed by atoms with Gasteiger partial charge in [0.15, 0.2) is 11.6 Å². The summed E-state index contributed by atoms with van der Waals surface area (Å²) in [7, 11) is 0. The van der Waals surface area contributed by atoms with Crippen molar-refractivity contribution in [2.45, 2.75) is 65.9 Å². The molecule has 0 spiro atoms. The third kappa shape index (κ3) is 5.35. The Balaban J connectivity index is 1.68. The van der Waals surface area contributed by atoms with Crippen LogP contribution >= 0.6 is 43.5 Å². The van der Waals surface area contributed by atoms with Crippen LogP contribution in [0.25, 0.3) is 0 Å². The Bertz CT molecular complexity index is 1340. The molecular weight excluding hydrogens is 618 g/mol. The number of hydrogen-bond acceptors (Lipinski definition) is 4. The third-order valence-electron chi connectivity index (χ3n) is 7.34. The van der Waals surface area contributed by atoms with E-state index in [1.165, 1.54) is 0 Å². The first-order valence-corrected chi connectivity index (χ1v) is 14.5. The molecule has 3 aliphatic rings. The van der Waals surface area contributed by atoms with Crippen molar-refractivity contribution in [2.75, 3.05) is 0 Å². The molecule has 0 fully saturated rings. The molecule has 0 saturated carbocycles. The van der Waals surface area contributed by atoms with Crippen molar-refractivity contribution in [1.29, 1.82) is 0 Å². The number of nitrogens with one attached hydrogen (secondary N) is 1. The van der Waals surface area contributed by atoms with Crippen LogP contribution in [0.4, 0.5) is 0 Å². The molecule has 2 aromatic carbocycles. The van der Waals surface area contributed by atoms with Gasteiger partial charge in [-0.05, 0) is 69.4 Å². The lowest BCUT2D eigenvalue weighted by atomic mass is 9.64. The molecule has 1 N–H and O–H groups in total. The van der Waals surface area contributed by atoms with E-state index in [9.17, 15) is 9.59 Å². The largest absolute Gasteiger partial charge is 0.487 e. The summed E-state index contributed by atoms with van der Waals surface area (Å²) in [6.45, 7) is 8.81. The molecule has 194 valence electrons. The van der Waals surface area contributed by atoms with Gasteiger partial charge < -0.3 is 10.1 Å². The molecule has 0 saturated heterocycles. The van der Waals surface area contributed by atoms with E-state index in [1.54, 1.807) is 0 Å². The van der Waals surface area contributed by atoms with Gasteiger partial charge in [0.05, 0.1) is 4.47 Å². The van der Waals surface area contributed by atoms with Gasteiger partial charge in [0.25, 0.3) is 0 Å². The number of rotatable bonds is 4. The van der Waals surface area contributed by atoms with Gasteiger partial charge in [-0.3, -0.25) is 9.59 Å². The Morgan fingerprint density at radius 3 is 2.08 bits per heavy atom. The lowest BCUT2D eigenvalue weighted by molar-refractivity contribution is -0.119. The third-order valence-corrected chi connectivity index (χ3v) is 8.62. The van der Waals surface area contributed by atoms with Crippen LogP contribution in [0.3, 0.4) is 0 Å². The minimum atomic E-state index is -0.485. The monoisotopic (exact) mass is 645 g/mol. The molecule has 2 aromatic rings. The Morgan fingerprint density at radius 2 is 1.51 bits per heavy atom. The smallest absolute Gasteiger partial charge is 0.162 e. The fourth-order valence-corrected chi connectivity index (χ4v) is 7.51. The lowest BCUT2D eigenvalue weighted by Crippen LogP contribution is -2.42. The van der Waals surface area contributed by atoms with Gasteiger partial charge >= 0.3 is 0 Å². The van der Waals surface area contributed by atoms with Gasteiger partial charge in [-0.15, -0.1) is 0 Å². The summed E-state index contributed by atoms with van der Waals surface area (Å²) >= 11 is 13.5. The predicted octanol–water partition coefficient (Wildman–Crippen LogP) is 8.42. The van der Waals surface area contributed by atoms with Crippen molar-refractivity contribution in [3.8, 4) is 5.75 Å². The van der Waals surface area contributed by atoms with Crippen LogP contribution in [-0.4, -0.2) is 11.6 Å². The summed E-state index contributed by atoms with van der Waals surface area (Å²) in [6, 6.07) is 11.5. The number of carbonyl (C=O) groups is 2. The molecule has 2 aliphatic carbocycles. The maximum atomic E-state index is 13.7. The first-order valence-electron chi connectivity index (χ1n) is 12.5. The van der Waals surface area contributed by atoms with Crippen LogP contribution in [0.5, 0.6) is 5.75 Å². The highest BCUT2D eigenvalue weighted by molar-refractivity contribution is 9.11. The Labute approximate surface area is 240 Å². The number of ketones is 2. The molecule has 1 aliphatic heterocycles. The van der Waals surface area contributed by atoms with E-state index < -0.39 is 5.92 Å². The van der Waals surface area contributed by atoms with E-state index in [1.807, 2.05) is 36.4 Å². The molecule has 37 heavy (non-hydrogen) atoms. The standard InChI is InChI=1S/C30H30Br2ClNO3/c1-29(2)11-21-26(23(35)13-29)25(27-22(34-21)12-30(3,4)14-24(27)36)19-9-17(31)10-20(32)28(19)37-15-16-6-5-7-18(33)8-16/h5-10,25,34H,11-15H2,1-4H3. The van der Waals surface area contributed by atoms with Crippen LogP contribution in [0, 0.1) is 10.8 Å². The van der Waals surface area contributed by atoms with Gasteiger partial charge in [0.2, 0.25) is 0 Å². The van der Waals surface area contributed by atoms with Gasteiger partial charge in [-0.25, -0.2) is 0 Å². The number of halogens is 3. The van der Waals surface area contributed by atoms with E-state index in [0.717, 1.165) is 44.3 Å². The van der Waals surface area contributed by atoms with Crippen molar-refractivity contribution in [2.24, 2.45) is 10.8 Å². The minimum absolute atomic E-state index is 0.0878. The summed E-state index contributed by atoms with van der Waals surface area (Å²) in [6.07, 6.45) is 2.40. The average Bonchev–Trinajstić information content (AvgIpc) is 2.75. The molecule has 0 unspecified atom stereocenters. The van der Waals surface area contributed by atoms with Crippen molar-refractivity contribution in [1.82, 2.24) is 5.32 Å². The Hall–Kier alpha value is -1.89. The van der Waals surface area contributed by atoms with Crippen LogP contribution in [0.1, 0.15) is 70.4 Å². The van der Waals surface area contributed by atoms with Crippen molar-refractivity contribution >= 4 is 55.0 Å². The van der Waals surface area contributed by atoms with E-state index in [2.05, 4.69) is 64.9 Å². The maximum absolute atomic E-state index is 13.7. The van der Waals surface area contributed by atoms with E-state index >= 15 is 0 Å². The molecular formula is C30H30Br2ClNO3. The lowest BCUT2D eigenvalue weighted by Gasteiger charge is -2.44. The van der Waals surface area contributed by atoms with Crippen LogP contribution in [-0.2, 0) is 16.2 Å². The summed E-state index contributed by atoms with van der Waals surface area (Å²) in [5, 5.41) is 4.22. The van der Waals surface area contributed by atoms with Gasteiger partial charge in [0, 0.05) is 56.4 Å². The Morgan fingerprint density at radius 1 is 0.919 bits per heavy atom. The molecule has 7 heteroatoms. The molecule has 5 rings (SSSR count). The van der Waals surface area contributed by atoms with E-state index in [0.29, 0.717) is 41.4 Å². The van der Waals surface area contributed by atoms with Crippen LogP contribution < -0.4 is 10.1 Å². The predicted molar refractivity (Wildman–Crippen MR) is 154 cm³/mol. The quantitative estimate of drug-likeness (QED) is 0.362. The zero-order valence-corrected chi connectivity index (χ0v) is 25.4. The van der Waals surface area contributed by atoms with Crippen molar-refractivity contribution < 1.29 is 14.3 Å². The summed E-state index contributed by atoms with van der Waals surface area (Å²) in [4.78, 5) is 27.4. The van der Waals surface area contributed by atoms with E-state index in [4.69, 9.17) is 16.3 Å². The molecule has 0 bridgehead atoms. The maximum Gasteiger partial charge on any atom is 0.162 e. The fourth-order valence-electron chi connectivity index (χ4n) is 5.93. The normalized spacial score (nSPS) is 20.9. The van der Waals surface area contributed by atoms with Gasteiger partial charge in [0.1, 0.15) is 12.4 Å². The summed E-state index contributed by atoms with van der Waals surface area (Å²) in [5.41, 5.74) is 4.72. The molecule has 1 heterocycles. The molecule has 0 atom stereocenters. The molecule has 0 aromatic heterocycles.